The number of carbonyl (C=O) groups excluding carboxylic acids is 1. The van der Waals surface area contributed by atoms with Gasteiger partial charge < -0.3 is 10.6 Å². The average Bonchev–Trinajstić information content (AvgIpc) is 2.79. The Bertz CT molecular complexity index is 447. The van der Waals surface area contributed by atoms with E-state index >= 15 is 0 Å². The highest BCUT2D eigenvalue weighted by atomic mass is 35.5. The standard InChI is InChI=1S/C11H11ClF2N2O/c12-6-4-10(8(14)5-7(6)13)16-11(17)9-2-1-3-15-9/h4-5,9,15H,1-3H2,(H,16,17)/t9-/m0/s1. The molecule has 0 bridgehead atoms. The van der Waals surface area contributed by atoms with E-state index in [-0.39, 0.29) is 22.7 Å². The van der Waals surface area contributed by atoms with Crippen molar-refractivity contribution < 1.29 is 13.6 Å². The molecule has 0 radical (unpaired) electrons. The van der Waals surface area contributed by atoms with Crippen LogP contribution in [-0.2, 0) is 4.79 Å². The lowest BCUT2D eigenvalue weighted by molar-refractivity contribution is -0.117. The van der Waals surface area contributed by atoms with Crippen molar-refractivity contribution in [2.45, 2.75) is 18.9 Å². The monoisotopic (exact) mass is 260 g/mol. The number of rotatable bonds is 2. The summed E-state index contributed by atoms with van der Waals surface area (Å²) < 4.78 is 26.2. The van der Waals surface area contributed by atoms with Gasteiger partial charge in [-0.1, -0.05) is 11.6 Å². The summed E-state index contributed by atoms with van der Waals surface area (Å²) in [4.78, 5) is 11.7. The normalized spacial score (nSPS) is 19.4. The van der Waals surface area contributed by atoms with Gasteiger partial charge in [-0.15, -0.1) is 0 Å². The van der Waals surface area contributed by atoms with Crippen LogP contribution in [0.3, 0.4) is 0 Å². The largest absolute Gasteiger partial charge is 0.322 e. The lowest BCUT2D eigenvalue weighted by atomic mass is 10.2. The molecule has 1 aliphatic rings. The zero-order valence-electron chi connectivity index (χ0n) is 8.90. The maximum absolute atomic E-state index is 13.3. The highest BCUT2D eigenvalue weighted by molar-refractivity contribution is 6.31. The number of anilines is 1. The molecule has 1 fully saturated rings. The molecule has 1 aromatic rings. The Hall–Kier alpha value is -1.20. The molecule has 2 N–H and O–H groups in total. The number of amides is 1. The van der Waals surface area contributed by atoms with Crippen LogP contribution in [0.25, 0.3) is 0 Å². The summed E-state index contributed by atoms with van der Waals surface area (Å²) in [5.74, 6) is -2.01. The van der Waals surface area contributed by atoms with Gasteiger partial charge in [0.2, 0.25) is 5.91 Å². The van der Waals surface area contributed by atoms with Crippen LogP contribution >= 0.6 is 11.6 Å². The van der Waals surface area contributed by atoms with Crippen LogP contribution in [-0.4, -0.2) is 18.5 Å². The molecule has 0 saturated carbocycles. The van der Waals surface area contributed by atoms with Gasteiger partial charge in [-0.05, 0) is 25.5 Å². The topological polar surface area (TPSA) is 41.1 Å². The molecular formula is C11H11ClF2N2O. The van der Waals surface area contributed by atoms with Crippen LogP contribution in [0.2, 0.25) is 5.02 Å². The van der Waals surface area contributed by atoms with E-state index in [9.17, 15) is 13.6 Å². The van der Waals surface area contributed by atoms with Crippen molar-refractivity contribution in [1.29, 1.82) is 0 Å². The first kappa shape index (κ1) is 12.3. The smallest absolute Gasteiger partial charge is 0.241 e. The van der Waals surface area contributed by atoms with E-state index < -0.39 is 11.6 Å². The lowest BCUT2D eigenvalue weighted by Gasteiger charge is -2.12. The minimum atomic E-state index is -0.846. The zero-order chi connectivity index (χ0) is 12.4. The number of benzene rings is 1. The van der Waals surface area contributed by atoms with Gasteiger partial charge in [0.05, 0.1) is 16.8 Å². The fraction of sp³-hybridized carbons (Fsp3) is 0.364. The second kappa shape index (κ2) is 4.98. The molecule has 1 heterocycles. The van der Waals surface area contributed by atoms with E-state index in [1.54, 1.807) is 0 Å². The number of nitrogens with one attached hydrogen (secondary N) is 2. The highest BCUT2D eigenvalue weighted by Crippen LogP contribution is 2.23. The number of halogens is 3. The van der Waals surface area contributed by atoms with E-state index in [1.807, 2.05) is 0 Å². The lowest BCUT2D eigenvalue weighted by Crippen LogP contribution is -2.35. The first-order valence-electron chi connectivity index (χ1n) is 5.26. The second-order valence-electron chi connectivity index (χ2n) is 3.88. The van der Waals surface area contributed by atoms with Gasteiger partial charge in [-0.2, -0.15) is 0 Å². The Morgan fingerprint density at radius 1 is 1.41 bits per heavy atom. The molecule has 6 heteroatoms. The van der Waals surface area contributed by atoms with E-state index in [0.29, 0.717) is 12.5 Å². The van der Waals surface area contributed by atoms with Crippen molar-refractivity contribution >= 4 is 23.2 Å². The van der Waals surface area contributed by atoms with E-state index in [1.165, 1.54) is 0 Å². The molecular weight excluding hydrogens is 250 g/mol. The van der Waals surface area contributed by atoms with Crippen LogP contribution in [0.4, 0.5) is 14.5 Å². The molecule has 2 rings (SSSR count). The maximum atomic E-state index is 13.3. The van der Waals surface area contributed by atoms with Crippen LogP contribution in [0.15, 0.2) is 12.1 Å². The third kappa shape index (κ3) is 2.73. The molecule has 0 aromatic heterocycles. The Morgan fingerprint density at radius 3 is 2.82 bits per heavy atom. The number of hydrogen-bond donors (Lipinski definition) is 2. The summed E-state index contributed by atoms with van der Waals surface area (Å²) in [5, 5.41) is 5.15. The molecule has 92 valence electrons. The van der Waals surface area contributed by atoms with Gasteiger partial charge in [-0.3, -0.25) is 4.79 Å². The summed E-state index contributed by atoms with van der Waals surface area (Å²) in [6.07, 6.45) is 1.62. The summed E-state index contributed by atoms with van der Waals surface area (Å²) in [5.41, 5.74) is -0.102. The number of carbonyl (C=O) groups is 1. The van der Waals surface area contributed by atoms with Gasteiger partial charge in [0.25, 0.3) is 0 Å². The molecule has 1 atom stereocenters. The van der Waals surface area contributed by atoms with Crippen molar-refractivity contribution in [2.24, 2.45) is 0 Å². The van der Waals surface area contributed by atoms with E-state index in [0.717, 1.165) is 19.0 Å². The fourth-order valence-corrected chi connectivity index (χ4v) is 1.91. The SMILES string of the molecule is O=C(Nc1cc(Cl)c(F)cc1F)[C@@H]1CCCN1. The van der Waals surface area contributed by atoms with Crippen LogP contribution < -0.4 is 10.6 Å². The summed E-state index contributed by atoms with van der Waals surface area (Å²) in [7, 11) is 0. The van der Waals surface area contributed by atoms with Crippen molar-refractivity contribution in [3.63, 3.8) is 0 Å². The van der Waals surface area contributed by atoms with E-state index in [4.69, 9.17) is 11.6 Å². The molecule has 1 saturated heterocycles. The molecule has 1 aromatic carbocycles. The maximum Gasteiger partial charge on any atom is 0.241 e. The predicted octanol–water partition coefficient (Wildman–Crippen LogP) is 2.31. The van der Waals surface area contributed by atoms with Crippen molar-refractivity contribution in [3.8, 4) is 0 Å². The molecule has 17 heavy (non-hydrogen) atoms. The summed E-state index contributed by atoms with van der Waals surface area (Å²) in [6.45, 7) is 0.769. The van der Waals surface area contributed by atoms with Crippen LogP contribution in [0.1, 0.15) is 12.8 Å². The Labute approximate surface area is 102 Å². The molecule has 1 amide bonds. The second-order valence-corrected chi connectivity index (χ2v) is 4.29. The Morgan fingerprint density at radius 2 is 2.18 bits per heavy atom. The van der Waals surface area contributed by atoms with Crippen LogP contribution in [0.5, 0.6) is 0 Å². The Kier molecular flexibility index (Phi) is 3.59. The van der Waals surface area contributed by atoms with Crippen molar-refractivity contribution in [1.82, 2.24) is 5.32 Å². The summed E-state index contributed by atoms with van der Waals surface area (Å²) in [6, 6.07) is 1.40. The quantitative estimate of drug-likeness (QED) is 0.801. The average molecular weight is 261 g/mol. The molecule has 1 aliphatic heterocycles. The van der Waals surface area contributed by atoms with Gasteiger partial charge in [0.15, 0.2) is 0 Å². The zero-order valence-corrected chi connectivity index (χ0v) is 9.65. The van der Waals surface area contributed by atoms with Gasteiger partial charge in [0, 0.05) is 6.07 Å². The molecule has 0 spiro atoms. The van der Waals surface area contributed by atoms with Gasteiger partial charge >= 0.3 is 0 Å². The minimum Gasteiger partial charge on any atom is -0.322 e. The first-order valence-corrected chi connectivity index (χ1v) is 5.64. The molecule has 0 unspecified atom stereocenters. The fourth-order valence-electron chi connectivity index (χ4n) is 1.75. The number of hydrogen-bond acceptors (Lipinski definition) is 2. The first-order chi connectivity index (χ1) is 8.08. The Balaban J connectivity index is 2.12. The van der Waals surface area contributed by atoms with Gasteiger partial charge in [-0.25, -0.2) is 8.78 Å². The van der Waals surface area contributed by atoms with Crippen LogP contribution in [0, 0.1) is 11.6 Å². The van der Waals surface area contributed by atoms with E-state index in [2.05, 4.69) is 10.6 Å². The van der Waals surface area contributed by atoms with Crippen molar-refractivity contribution in [2.75, 3.05) is 11.9 Å². The molecule has 3 nitrogen and oxygen atoms in total. The van der Waals surface area contributed by atoms with Gasteiger partial charge in [0.1, 0.15) is 11.6 Å². The third-order valence-electron chi connectivity index (χ3n) is 2.64. The molecule has 0 aliphatic carbocycles. The highest BCUT2D eigenvalue weighted by Gasteiger charge is 2.23. The minimum absolute atomic E-state index is 0.102. The predicted molar refractivity (Wildman–Crippen MR) is 61.0 cm³/mol. The third-order valence-corrected chi connectivity index (χ3v) is 2.93. The summed E-state index contributed by atoms with van der Waals surface area (Å²) >= 11 is 5.52. The van der Waals surface area contributed by atoms with Crippen molar-refractivity contribution in [3.05, 3.63) is 28.8 Å².